The van der Waals surface area contributed by atoms with Gasteiger partial charge in [-0.2, -0.15) is 0 Å². The SMILES string of the molecule is O=C(Nc1cccc(N2CCCCS2(=O)=O)c1)c1ccc(=O)[nH]c1. The van der Waals surface area contributed by atoms with Gasteiger partial charge >= 0.3 is 0 Å². The number of aromatic amines is 1. The molecule has 1 aromatic heterocycles. The Hall–Kier alpha value is -2.61. The van der Waals surface area contributed by atoms with E-state index in [0.29, 0.717) is 29.9 Å². The molecule has 1 aromatic carbocycles. The molecule has 0 radical (unpaired) electrons. The molecule has 7 nitrogen and oxygen atoms in total. The molecule has 1 aliphatic heterocycles. The van der Waals surface area contributed by atoms with Crippen LogP contribution in [0.15, 0.2) is 47.4 Å². The summed E-state index contributed by atoms with van der Waals surface area (Å²) in [6.07, 6.45) is 2.81. The number of carbonyl (C=O) groups excluding carboxylic acids is 1. The van der Waals surface area contributed by atoms with Gasteiger partial charge in [0.05, 0.1) is 17.0 Å². The van der Waals surface area contributed by atoms with Crippen molar-refractivity contribution < 1.29 is 13.2 Å². The van der Waals surface area contributed by atoms with Crippen molar-refractivity contribution in [3.8, 4) is 0 Å². The number of aromatic nitrogens is 1. The van der Waals surface area contributed by atoms with Gasteiger partial charge in [-0.25, -0.2) is 8.42 Å². The lowest BCUT2D eigenvalue weighted by molar-refractivity contribution is 0.102. The van der Waals surface area contributed by atoms with Crippen LogP contribution in [0.2, 0.25) is 0 Å². The number of anilines is 2. The van der Waals surface area contributed by atoms with Gasteiger partial charge < -0.3 is 10.3 Å². The maximum absolute atomic E-state index is 12.2. The van der Waals surface area contributed by atoms with Crippen LogP contribution in [-0.2, 0) is 10.0 Å². The lowest BCUT2D eigenvalue weighted by Gasteiger charge is -2.28. The van der Waals surface area contributed by atoms with Crippen LogP contribution in [0.25, 0.3) is 0 Å². The van der Waals surface area contributed by atoms with E-state index in [0.717, 1.165) is 6.42 Å². The molecular weight excluding hydrogens is 330 g/mol. The molecule has 1 fully saturated rings. The number of benzene rings is 1. The van der Waals surface area contributed by atoms with E-state index in [2.05, 4.69) is 10.3 Å². The van der Waals surface area contributed by atoms with E-state index in [1.165, 1.54) is 22.6 Å². The minimum Gasteiger partial charge on any atom is -0.328 e. The van der Waals surface area contributed by atoms with Gasteiger partial charge in [-0.15, -0.1) is 0 Å². The number of nitrogens with zero attached hydrogens (tertiary/aromatic N) is 1. The smallest absolute Gasteiger partial charge is 0.257 e. The summed E-state index contributed by atoms with van der Waals surface area (Å²) in [6, 6.07) is 9.41. The fourth-order valence-corrected chi connectivity index (χ4v) is 4.20. The van der Waals surface area contributed by atoms with Crippen LogP contribution < -0.4 is 15.2 Å². The van der Waals surface area contributed by atoms with Crippen molar-refractivity contribution >= 4 is 27.3 Å². The number of hydrogen-bond donors (Lipinski definition) is 2. The van der Waals surface area contributed by atoms with E-state index in [4.69, 9.17) is 0 Å². The summed E-state index contributed by atoms with van der Waals surface area (Å²) < 4.78 is 25.7. The van der Waals surface area contributed by atoms with E-state index in [9.17, 15) is 18.0 Å². The Bertz CT molecular complexity index is 900. The number of pyridine rings is 1. The lowest BCUT2D eigenvalue weighted by Crippen LogP contribution is -2.37. The number of carbonyl (C=O) groups is 1. The van der Waals surface area contributed by atoms with Crippen LogP contribution >= 0.6 is 0 Å². The first-order valence-electron chi connectivity index (χ1n) is 7.56. The molecule has 126 valence electrons. The van der Waals surface area contributed by atoms with Crippen molar-refractivity contribution in [1.82, 2.24) is 4.98 Å². The molecule has 1 saturated heterocycles. The molecule has 3 rings (SSSR count). The zero-order chi connectivity index (χ0) is 17.2. The van der Waals surface area contributed by atoms with Crippen LogP contribution in [0.3, 0.4) is 0 Å². The molecule has 2 aromatic rings. The molecule has 0 aliphatic carbocycles. The van der Waals surface area contributed by atoms with Gasteiger partial charge in [-0.3, -0.25) is 13.9 Å². The monoisotopic (exact) mass is 347 g/mol. The third-order valence-electron chi connectivity index (χ3n) is 3.79. The average Bonchev–Trinajstić information content (AvgIpc) is 2.55. The maximum atomic E-state index is 12.2. The fraction of sp³-hybridized carbons (Fsp3) is 0.250. The van der Waals surface area contributed by atoms with Crippen molar-refractivity contribution in [2.24, 2.45) is 0 Å². The molecular formula is C16H17N3O4S. The molecule has 0 unspecified atom stereocenters. The predicted octanol–water partition coefficient (Wildman–Crippen LogP) is 1.56. The van der Waals surface area contributed by atoms with E-state index in [-0.39, 0.29) is 17.2 Å². The van der Waals surface area contributed by atoms with Gasteiger partial charge in [0, 0.05) is 24.5 Å². The van der Waals surface area contributed by atoms with Crippen molar-refractivity contribution in [3.05, 3.63) is 58.5 Å². The van der Waals surface area contributed by atoms with Gasteiger partial charge in [0.25, 0.3) is 5.91 Å². The highest BCUT2D eigenvalue weighted by molar-refractivity contribution is 7.92. The molecule has 8 heteroatoms. The third-order valence-corrected chi connectivity index (χ3v) is 5.66. The molecule has 24 heavy (non-hydrogen) atoms. The number of rotatable bonds is 3. The zero-order valence-electron chi connectivity index (χ0n) is 12.9. The molecule has 0 atom stereocenters. The average molecular weight is 347 g/mol. The Kier molecular flexibility index (Phi) is 4.39. The normalized spacial score (nSPS) is 16.6. The predicted molar refractivity (Wildman–Crippen MR) is 91.8 cm³/mol. The molecule has 2 heterocycles. The Morgan fingerprint density at radius 3 is 2.71 bits per heavy atom. The molecule has 0 saturated carbocycles. The molecule has 1 amide bonds. The van der Waals surface area contributed by atoms with Crippen molar-refractivity contribution in [2.45, 2.75) is 12.8 Å². The Morgan fingerprint density at radius 2 is 2.00 bits per heavy atom. The second-order valence-electron chi connectivity index (χ2n) is 5.54. The molecule has 0 spiro atoms. The first kappa shape index (κ1) is 16.3. The van der Waals surface area contributed by atoms with Crippen molar-refractivity contribution in [1.29, 1.82) is 0 Å². The highest BCUT2D eigenvalue weighted by atomic mass is 32.2. The van der Waals surface area contributed by atoms with E-state index in [1.54, 1.807) is 24.3 Å². The minimum absolute atomic E-state index is 0.140. The summed E-state index contributed by atoms with van der Waals surface area (Å²) in [4.78, 5) is 25.6. The van der Waals surface area contributed by atoms with Crippen LogP contribution in [0.4, 0.5) is 11.4 Å². The van der Waals surface area contributed by atoms with E-state index >= 15 is 0 Å². The number of nitrogens with one attached hydrogen (secondary N) is 2. The van der Waals surface area contributed by atoms with Gasteiger partial charge in [0.2, 0.25) is 15.6 Å². The topological polar surface area (TPSA) is 99.3 Å². The lowest BCUT2D eigenvalue weighted by atomic mass is 10.2. The zero-order valence-corrected chi connectivity index (χ0v) is 13.7. The maximum Gasteiger partial charge on any atom is 0.257 e. The van der Waals surface area contributed by atoms with Crippen LogP contribution in [-0.4, -0.2) is 31.6 Å². The quantitative estimate of drug-likeness (QED) is 0.880. The van der Waals surface area contributed by atoms with Crippen LogP contribution in [0.1, 0.15) is 23.2 Å². The Labute approximate surface area is 139 Å². The summed E-state index contributed by atoms with van der Waals surface area (Å²) >= 11 is 0. The Balaban J connectivity index is 1.81. The third kappa shape index (κ3) is 3.48. The first-order chi connectivity index (χ1) is 11.5. The van der Waals surface area contributed by atoms with Gasteiger partial charge in [-0.05, 0) is 37.1 Å². The summed E-state index contributed by atoms with van der Waals surface area (Å²) in [6.45, 7) is 0.444. The van der Waals surface area contributed by atoms with E-state index in [1.807, 2.05) is 0 Å². The minimum atomic E-state index is -3.30. The number of H-pyrrole nitrogens is 1. The molecule has 1 aliphatic rings. The van der Waals surface area contributed by atoms with Gasteiger partial charge in [0.1, 0.15) is 0 Å². The highest BCUT2D eigenvalue weighted by Crippen LogP contribution is 2.26. The van der Waals surface area contributed by atoms with Gasteiger partial charge in [0.15, 0.2) is 0 Å². The largest absolute Gasteiger partial charge is 0.328 e. The fourth-order valence-electron chi connectivity index (χ4n) is 2.57. The number of sulfonamides is 1. The van der Waals surface area contributed by atoms with E-state index < -0.39 is 10.0 Å². The number of amides is 1. The van der Waals surface area contributed by atoms with Gasteiger partial charge in [-0.1, -0.05) is 6.07 Å². The summed E-state index contributed by atoms with van der Waals surface area (Å²) in [5, 5.41) is 2.70. The summed E-state index contributed by atoms with van der Waals surface area (Å²) in [5.41, 5.74) is 1.05. The van der Waals surface area contributed by atoms with Crippen LogP contribution in [0.5, 0.6) is 0 Å². The Morgan fingerprint density at radius 1 is 1.17 bits per heavy atom. The van der Waals surface area contributed by atoms with Crippen molar-refractivity contribution in [3.63, 3.8) is 0 Å². The first-order valence-corrected chi connectivity index (χ1v) is 9.17. The molecule has 2 N–H and O–H groups in total. The second-order valence-corrected chi connectivity index (χ2v) is 7.55. The second kappa shape index (κ2) is 6.48. The summed E-state index contributed by atoms with van der Waals surface area (Å²) in [7, 11) is -3.30. The van der Waals surface area contributed by atoms with Crippen molar-refractivity contribution in [2.75, 3.05) is 21.9 Å². The number of hydrogen-bond acceptors (Lipinski definition) is 4. The highest BCUT2D eigenvalue weighted by Gasteiger charge is 2.26. The summed E-state index contributed by atoms with van der Waals surface area (Å²) in [5.74, 6) is -0.245. The van der Waals surface area contributed by atoms with Crippen LogP contribution in [0, 0.1) is 0 Å². The molecule has 0 bridgehead atoms. The standard InChI is InChI=1S/C16H17N3O4S/c20-15-7-6-12(11-17-15)16(21)18-13-4-3-5-14(10-13)19-8-1-2-9-24(19,22)23/h3-7,10-11H,1-2,8-9H2,(H,17,20)(H,18,21).